The van der Waals surface area contributed by atoms with Crippen LogP contribution < -0.4 is 4.74 Å². The molecule has 6 heteroatoms. The number of thiazole rings is 1. The van der Waals surface area contributed by atoms with Crippen molar-refractivity contribution >= 4 is 17.3 Å². The van der Waals surface area contributed by atoms with Gasteiger partial charge in [-0.1, -0.05) is 0 Å². The number of benzene rings is 1. The van der Waals surface area contributed by atoms with Crippen LogP contribution in [-0.4, -0.2) is 18.1 Å². The molecule has 0 aliphatic carbocycles. The monoisotopic (exact) mass is 329 g/mol. The number of carbonyl (C=O) groups is 1. The third kappa shape index (κ3) is 3.60. The average molecular weight is 329 g/mol. The van der Waals surface area contributed by atoms with Crippen molar-refractivity contribution in [3.63, 3.8) is 0 Å². The van der Waals surface area contributed by atoms with Gasteiger partial charge in [0.15, 0.2) is 0 Å². The zero-order chi connectivity index (χ0) is 16.2. The summed E-state index contributed by atoms with van der Waals surface area (Å²) in [6.45, 7) is 1.89. The second-order valence-electron chi connectivity index (χ2n) is 4.86. The Morgan fingerprint density at radius 2 is 2.00 bits per heavy atom. The predicted octanol–water partition coefficient (Wildman–Crippen LogP) is 4.08. The number of esters is 1. The Morgan fingerprint density at radius 1 is 1.22 bits per heavy atom. The third-order valence-corrected chi connectivity index (χ3v) is 4.12. The summed E-state index contributed by atoms with van der Waals surface area (Å²) in [4.78, 5) is 16.3. The summed E-state index contributed by atoms with van der Waals surface area (Å²) in [5, 5.41) is 2.74. The number of carbonyl (C=O) groups excluding carboxylic acids is 1. The molecule has 0 aliphatic rings. The van der Waals surface area contributed by atoms with Crippen molar-refractivity contribution in [2.75, 3.05) is 7.11 Å². The molecular weight excluding hydrogens is 314 g/mol. The van der Waals surface area contributed by atoms with Crippen molar-refractivity contribution < 1.29 is 18.7 Å². The zero-order valence-electron chi connectivity index (χ0n) is 12.7. The Labute approximate surface area is 137 Å². The molecule has 23 heavy (non-hydrogen) atoms. The van der Waals surface area contributed by atoms with Gasteiger partial charge in [0.2, 0.25) is 5.76 Å². The van der Waals surface area contributed by atoms with Gasteiger partial charge in [0.25, 0.3) is 0 Å². The summed E-state index contributed by atoms with van der Waals surface area (Å²) < 4.78 is 15.6. The Bertz CT molecular complexity index is 804. The number of ether oxygens (including phenoxy) is 2. The first-order valence-corrected chi connectivity index (χ1v) is 7.86. The lowest BCUT2D eigenvalue weighted by Crippen LogP contribution is -2.04. The van der Waals surface area contributed by atoms with E-state index in [1.54, 1.807) is 26.2 Å². The predicted molar refractivity (Wildman–Crippen MR) is 86.7 cm³/mol. The maximum Gasteiger partial charge on any atom is 0.374 e. The SMILES string of the molecule is COc1ccc(-c2nc(COC(=O)c3ccc(C)o3)cs2)cc1. The summed E-state index contributed by atoms with van der Waals surface area (Å²) in [5.74, 6) is 1.19. The van der Waals surface area contributed by atoms with Crippen LogP contribution in [0.4, 0.5) is 0 Å². The molecule has 3 aromatic rings. The molecule has 3 rings (SSSR count). The van der Waals surface area contributed by atoms with Crippen LogP contribution in [0.5, 0.6) is 5.75 Å². The highest BCUT2D eigenvalue weighted by atomic mass is 32.1. The van der Waals surface area contributed by atoms with E-state index in [4.69, 9.17) is 13.9 Å². The van der Waals surface area contributed by atoms with Crippen LogP contribution in [0.3, 0.4) is 0 Å². The number of aryl methyl sites for hydroxylation is 1. The molecule has 5 nitrogen and oxygen atoms in total. The highest BCUT2D eigenvalue weighted by Crippen LogP contribution is 2.26. The van der Waals surface area contributed by atoms with Gasteiger partial charge < -0.3 is 13.9 Å². The van der Waals surface area contributed by atoms with Gasteiger partial charge in [0, 0.05) is 10.9 Å². The fourth-order valence-corrected chi connectivity index (χ4v) is 2.80. The Balaban J connectivity index is 1.63. The van der Waals surface area contributed by atoms with Crippen molar-refractivity contribution in [3.8, 4) is 16.3 Å². The topological polar surface area (TPSA) is 61.6 Å². The normalized spacial score (nSPS) is 10.5. The molecule has 0 unspecified atom stereocenters. The standard InChI is InChI=1S/C17H15NO4S/c1-11-3-8-15(22-11)17(19)21-9-13-10-23-16(18-13)12-4-6-14(20-2)7-5-12/h3-8,10H,9H2,1-2H3. The van der Waals surface area contributed by atoms with Crippen molar-refractivity contribution in [3.05, 3.63) is 59.0 Å². The fourth-order valence-electron chi connectivity index (χ4n) is 1.99. The van der Waals surface area contributed by atoms with E-state index >= 15 is 0 Å². The first-order chi connectivity index (χ1) is 11.2. The highest BCUT2D eigenvalue weighted by molar-refractivity contribution is 7.13. The number of hydrogen-bond acceptors (Lipinski definition) is 6. The van der Waals surface area contributed by atoms with E-state index in [-0.39, 0.29) is 12.4 Å². The smallest absolute Gasteiger partial charge is 0.374 e. The van der Waals surface area contributed by atoms with E-state index in [2.05, 4.69) is 4.98 Å². The first-order valence-electron chi connectivity index (χ1n) is 6.98. The maximum atomic E-state index is 11.8. The lowest BCUT2D eigenvalue weighted by Gasteiger charge is -2.01. The first kappa shape index (κ1) is 15.3. The quantitative estimate of drug-likeness (QED) is 0.660. The van der Waals surface area contributed by atoms with Crippen molar-refractivity contribution in [1.82, 2.24) is 4.98 Å². The number of rotatable bonds is 5. The number of aromatic nitrogens is 1. The minimum Gasteiger partial charge on any atom is -0.497 e. The van der Waals surface area contributed by atoms with Gasteiger partial charge in [-0.15, -0.1) is 11.3 Å². The second kappa shape index (κ2) is 6.66. The molecular formula is C17H15NO4S. The van der Waals surface area contributed by atoms with Crippen molar-refractivity contribution in [1.29, 1.82) is 0 Å². The van der Waals surface area contributed by atoms with Gasteiger partial charge >= 0.3 is 5.97 Å². The largest absolute Gasteiger partial charge is 0.497 e. The highest BCUT2D eigenvalue weighted by Gasteiger charge is 2.13. The number of methoxy groups -OCH3 is 1. The van der Waals surface area contributed by atoms with Gasteiger partial charge in [-0.25, -0.2) is 9.78 Å². The fraction of sp³-hybridized carbons (Fsp3) is 0.176. The minimum atomic E-state index is -0.489. The van der Waals surface area contributed by atoms with Gasteiger partial charge in [-0.05, 0) is 43.3 Å². The van der Waals surface area contributed by atoms with Gasteiger partial charge in [-0.3, -0.25) is 0 Å². The third-order valence-electron chi connectivity index (χ3n) is 3.18. The summed E-state index contributed by atoms with van der Waals surface area (Å²) in [5.41, 5.74) is 1.70. The molecule has 2 heterocycles. The lowest BCUT2D eigenvalue weighted by atomic mass is 10.2. The number of hydrogen-bond donors (Lipinski definition) is 0. The van der Waals surface area contributed by atoms with Crippen molar-refractivity contribution in [2.45, 2.75) is 13.5 Å². The summed E-state index contributed by atoms with van der Waals surface area (Å²) in [7, 11) is 1.63. The summed E-state index contributed by atoms with van der Waals surface area (Å²) in [6, 6.07) is 11.0. The lowest BCUT2D eigenvalue weighted by molar-refractivity contribution is 0.0430. The van der Waals surface area contributed by atoms with Gasteiger partial charge in [-0.2, -0.15) is 0 Å². The Hall–Kier alpha value is -2.60. The molecule has 0 amide bonds. The Kier molecular flexibility index (Phi) is 4.43. The molecule has 0 N–H and O–H groups in total. The average Bonchev–Trinajstić information content (AvgIpc) is 3.22. The van der Waals surface area contributed by atoms with Crippen LogP contribution >= 0.6 is 11.3 Å². The van der Waals surface area contributed by atoms with Crippen molar-refractivity contribution in [2.24, 2.45) is 0 Å². The van der Waals surface area contributed by atoms with Gasteiger partial charge in [0.1, 0.15) is 23.1 Å². The van der Waals surface area contributed by atoms with E-state index in [1.165, 1.54) is 11.3 Å². The summed E-state index contributed by atoms with van der Waals surface area (Å²) >= 11 is 1.50. The number of furan rings is 1. The van der Waals surface area contributed by atoms with E-state index in [0.29, 0.717) is 11.5 Å². The van der Waals surface area contributed by atoms with Crippen LogP contribution in [0, 0.1) is 6.92 Å². The molecule has 118 valence electrons. The maximum absolute atomic E-state index is 11.8. The summed E-state index contributed by atoms with van der Waals surface area (Å²) in [6.07, 6.45) is 0. The Morgan fingerprint density at radius 3 is 2.65 bits per heavy atom. The second-order valence-corrected chi connectivity index (χ2v) is 5.72. The van der Waals surface area contributed by atoms with Crippen LogP contribution in [-0.2, 0) is 11.3 Å². The van der Waals surface area contributed by atoms with Crippen LogP contribution in [0.2, 0.25) is 0 Å². The van der Waals surface area contributed by atoms with Gasteiger partial charge in [0.05, 0.1) is 12.8 Å². The molecule has 0 bridgehead atoms. The van der Waals surface area contributed by atoms with E-state index < -0.39 is 5.97 Å². The molecule has 0 radical (unpaired) electrons. The molecule has 0 saturated heterocycles. The van der Waals surface area contributed by atoms with E-state index in [9.17, 15) is 4.79 Å². The van der Waals surface area contributed by atoms with E-state index in [1.807, 2.05) is 29.6 Å². The van der Waals surface area contributed by atoms with E-state index in [0.717, 1.165) is 16.3 Å². The number of nitrogens with zero attached hydrogens (tertiary/aromatic N) is 1. The zero-order valence-corrected chi connectivity index (χ0v) is 13.6. The minimum absolute atomic E-state index is 0.116. The molecule has 0 aliphatic heterocycles. The van der Waals surface area contributed by atoms with Crippen LogP contribution in [0.1, 0.15) is 22.0 Å². The molecule has 1 aromatic carbocycles. The van der Waals surface area contributed by atoms with Crippen LogP contribution in [0.15, 0.2) is 46.2 Å². The molecule has 0 atom stereocenters. The molecule has 0 saturated carbocycles. The molecule has 0 spiro atoms. The molecule has 0 fully saturated rings. The molecule has 2 aromatic heterocycles. The van der Waals surface area contributed by atoms with Crippen LogP contribution in [0.25, 0.3) is 10.6 Å².